The maximum atomic E-state index is 12.1. The molecule has 0 amide bonds. The monoisotopic (exact) mass is 285 g/mol. The lowest BCUT2D eigenvalue weighted by Gasteiger charge is -2.03. The van der Waals surface area contributed by atoms with Crippen molar-refractivity contribution in [2.45, 2.75) is 13.8 Å². The second-order valence-electron chi connectivity index (χ2n) is 4.52. The first kappa shape index (κ1) is 13.3. The van der Waals surface area contributed by atoms with Crippen molar-refractivity contribution >= 4 is 5.78 Å². The van der Waals surface area contributed by atoms with E-state index in [1.54, 1.807) is 30.7 Å². The predicted octanol–water partition coefficient (Wildman–Crippen LogP) is 4.14. The molecule has 0 aromatic carbocycles. The molecule has 21 heavy (non-hydrogen) atoms. The summed E-state index contributed by atoms with van der Waals surface area (Å²) in [5, 5.41) is 0. The fourth-order valence-electron chi connectivity index (χ4n) is 2.34. The van der Waals surface area contributed by atoms with E-state index in [1.807, 2.05) is 13.0 Å². The summed E-state index contributed by atoms with van der Waals surface area (Å²) in [4.78, 5) is 15.2. The van der Waals surface area contributed by atoms with Gasteiger partial charge in [0.1, 0.15) is 5.76 Å². The number of Topliss-reactive ketones (excluding diaryl/α,β-unsaturated/α-hetero) is 1. The Morgan fingerprint density at radius 2 is 1.86 bits per heavy atom. The van der Waals surface area contributed by atoms with Crippen LogP contribution in [0, 0.1) is 0 Å². The van der Waals surface area contributed by atoms with Gasteiger partial charge in [-0.1, -0.05) is 0 Å². The molecule has 0 fully saturated rings. The van der Waals surface area contributed by atoms with Gasteiger partial charge in [-0.05, 0) is 38.1 Å². The molecule has 108 valence electrons. The first-order valence-corrected chi connectivity index (χ1v) is 6.69. The number of carbonyl (C=O) groups is 1. The number of carbonyl (C=O) groups excluding carboxylic acids is 1. The normalized spacial score (nSPS) is 10.8. The molecule has 0 aliphatic carbocycles. The molecule has 5 nitrogen and oxygen atoms in total. The lowest BCUT2D eigenvalue weighted by Crippen LogP contribution is -1.99. The topological polar surface area (TPSA) is 68.4 Å². The van der Waals surface area contributed by atoms with E-state index in [0.29, 0.717) is 40.8 Å². The summed E-state index contributed by atoms with van der Waals surface area (Å²) >= 11 is 0. The number of furan rings is 2. The highest BCUT2D eigenvalue weighted by atomic mass is 16.5. The van der Waals surface area contributed by atoms with Gasteiger partial charge in [-0.15, -0.1) is 0 Å². The van der Waals surface area contributed by atoms with Crippen molar-refractivity contribution in [3.8, 4) is 28.7 Å². The molecule has 0 bridgehead atoms. The average molecular weight is 285 g/mol. The van der Waals surface area contributed by atoms with E-state index in [1.165, 1.54) is 6.92 Å². The highest BCUT2D eigenvalue weighted by Gasteiger charge is 2.26. The Hall–Kier alpha value is -2.69. The van der Waals surface area contributed by atoms with E-state index in [9.17, 15) is 4.79 Å². The number of H-pyrrole nitrogens is 1. The highest BCUT2D eigenvalue weighted by Crippen LogP contribution is 2.40. The van der Waals surface area contributed by atoms with Gasteiger partial charge in [0.2, 0.25) is 5.88 Å². The molecule has 3 heterocycles. The molecule has 0 aliphatic heterocycles. The summed E-state index contributed by atoms with van der Waals surface area (Å²) in [6.45, 7) is 3.82. The number of rotatable bonds is 5. The van der Waals surface area contributed by atoms with E-state index in [2.05, 4.69) is 4.98 Å². The minimum absolute atomic E-state index is 0.0982. The zero-order valence-corrected chi connectivity index (χ0v) is 11.8. The molecule has 0 saturated heterocycles. The Labute approximate surface area is 121 Å². The van der Waals surface area contributed by atoms with Crippen LogP contribution < -0.4 is 4.74 Å². The number of hydrogen-bond acceptors (Lipinski definition) is 4. The van der Waals surface area contributed by atoms with Crippen LogP contribution in [-0.4, -0.2) is 17.4 Å². The summed E-state index contributed by atoms with van der Waals surface area (Å²) in [7, 11) is 0. The number of ketones is 1. The van der Waals surface area contributed by atoms with Crippen LogP contribution in [0.1, 0.15) is 24.2 Å². The smallest absolute Gasteiger partial charge is 0.203 e. The molecule has 0 atom stereocenters. The second-order valence-corrected chi connectivity index (χ2v) is 4.52. The first-order chi connectivity index (χ1) is 10.2. The van der Waals surface area contributed by atoms with E-state index >= 15 is 0 Å². The summed E-state index contributed by atoms with van der Waals surface area (Å²) in [6, 6.07) is 7.18. The summed E-state index contributed by atoms with van der Waals surface area (Å²) < 4.78 is 16.5. The van der Waals surface area contributed by atoms with Crippen molar-refractivity contribution in [3.63, 3.8) is 0 Å². The molecule has 0 radical (unpaired) electrons. The van der Waals surface area contributed by atoms with Crippen LogP contribution in [0.15, 0.2) is 45.6 Å². The standard InChI is InChI=1S/C16H15NO4/c1-3-19-16-13(10(2)18)14(11-6-4-8-20-11)15(17-16)12-7-5-9-21-12/h4-9,17H,3H2,1-2H3. The van der Waals surface area contributed by atoms with Crippen LogP contribution in [0.5, 0.6) is 5.88 Å². The van der Waals surface area contributed by atoms with E-state index in [0.717, 1.165) is 0 Å². The lowest BCUT2D eigenvalue weighted by atomic mass is 10.0. The Morgan fingerprint density at radius 1 is 1.19 bits per heavy atom. The fourth-order valence-corrected chi connectivity index (χ4v) is 2.34. The molecular weight excluding hydrogens is 270 g/mol. The quantitative estimate of drug-likeness (QED) is 0.715. The Balaban J connectivity index is 2.29. The van der Waals surface area contributed by atoms with Gasteiger partial charge in [0.25, 0.3) is 0 Å². The van der Waals surface area contributed by atoms with Gasteiger partial charge in [0, 0.05) is 0 Å². The van der Waals surface area contributed by atoms with Gasteiger partial charge in [0.05, 0.1) is 36.0 Å². The maximum absolute atomic E-state index is 12.1. The molecule has 3 aromatic heterocycles. The molecule has 0 saturated carbocycles. The van der Waals surface area contributed by atoms with Crippen molar-refractivity contribution in [2.75, 3.05) is 6.61 Å². The Morgan fingerprint density at radius 3 is 2.38 bits per heavy atom. The van der Waals surface area contributed by atoms with Crippen molar-refractivity contribution in [2.24, 2.45) is 0 Å². The molecule has 0 spiro atoms. The van der Waals surface area contributed by atoms with Crippen molar-refractivity contribution < 1.29 is 18.4 Å². The number of ether oxygens (including phenoxy) is 1. The lowest BCUT2D eigenvalue weighted by molar-refractivity contribution is 0.101. The third-order valence-corrected chi connectivity index (χ3v) is 3.14. The molecule has 0 unspecified atom stereocenters. The van der Waals surface area contributed by atoms with Gasteiger partial charge >= 0.3 is 0 Å². The van der Waals surface area contributed by atoms with Crippen molar-refractivity contribution in [1.82, 2.24) is 4.98 Å². The van der Waals surface area contributed by atoms with Crippen molar-refractivity contribution in [1.29, 1.82) is 0 Å². The minimum atomic E-state index is -0.0982. The van der Waals surface area contributed by atoms with Crippen LogP contribution in [0.25, 0.3) is 22.8 Å². The predicted molar refractivity (Wildman–Crippen MR) is 77.4 cm³/mol. The number of aromatic nitrogens is 1. The number of aromatic amines is 1. The van der Waals surface area contributed by atoms with Gasteiger partial charge in [-0.2, -0.15) is 0 Å². The molecule has 5 heteroatoms. The van der Waals surface area contributed by atoms with Gasteiger partial charge in [0.15, 0.2) is 11.5 Å². The summed E-state index contributed by atoms with van der Waals surface area (Å²) in [5.41, 5.74) is 1.80. The van der Waals surface area contributed by atoms with Crippen LogP contribution >= 0.6 is 0 Å². The van der Waals surface area contributed by atoms with E-state index in [4.69, 9.17) is 13.6 Å². The molecule has 3 rings (SSSR count). The second kappa shape index (κ2) is 5.36. The number of nitrogens with one attached hydrogen (secondary N) is 1. The Bertz CT molecular complexity index is 736. The molecule has 1 N–H and O–H groups in total. The third kappa shape index (κ3) is 2.27. The third-order valence-electron chi connectivity index (χ3n) is 3.14. The summed E-state index contributed by atoms with van der Waals surface area (Å²) in [6.07, 6.45) is 3.15. The van der Waals surface area contributed by atoms with Crippen LogP contribution in [0.4, 0.5) is 0 Å². The van der Waals surface area contributed by atoms with Gasteiger partial charge in [-0.25, -0.2) is 0 Å². The zero-order valence-electron chi connectivity index (χ0n) is 11.8. The SMILES string of the molecule is CCOc1[nH]c(-c2ccco2)c(-c2ccco2)c1C(C)=O. The van der Waals surface area contributed by atoms with Gasteiger partial charge < -0.3 is 18.6 Å². The molecule has 0 aliphatic rings. The summed E-state index contributed by atoms with van der Waals surface area (Å²) in [5.74, 6) is 1.55. The van der Waals surface area contributed by atoms with E-state index < -0.39 is 0 Å². The zero-order chi connectivity index (χ0) is 14.8. The number of hydrogen-bond donors (Lipinski definition) is 1. The van der Waals surface area contributed by atoms with E-state index in [-0.39, 0.29) is 5.78 Å². The minimum Gasteiger partial charge on any atom is -0.479 e. The fraction of sp³-hybridized carbons (Fsp3) is 0.188. The molecule has 3 aromatic rings. The highest BCUT2D eigenvalue weighted by molar-refractivity contribution is 6.06. The van der Waals surface area contributed by atoms with Crippen LogP contribution in [0.3, 0.4) is 0 Å². The average Bonchev–Trinajstić information content (AvgIpc) is 3.19. The largest absolute Gasteiger partial charge is 0.479 e. The Kier molecular flexibility index (Phi) is 3.39. The first-order valence-electron chi connectivity index (χ1n) is 6.69. The maximum Gasteiger partial charge on any atom is 0.203 e. The van der Waals surface area contributed by atoms with Crippen LogP contribution in [-0.2, 0) is 0 Å². The van der Waals surface area contributed by atoms with Gasteiger partial charge in [-0.3, -0.25) is 4.79 Å². The van der Waals surface area contributed by atoms with Crippen LogP contribution in [0.2, 0.25) is 0 Å². The van der Waals surface area contributed by atoms with Crippen molar-refractivity contribution in [3.05, 3.63) is 42.4 Å². The molecular formula is C16H15NO4.